The number of likely N-dealkylation sites (N-methyl/N-ethyl adjacent to an activating group) is 2. The van der Waals surface area contributed by atoms with Gasteiger partial charge in [-0.2, -0.15) is 0 Å². The summed E-state index contributed by atoms with van der Waals surface area (Å²) >= 11 is 0. The number of nitrogens with zero attached hydrogens (tertiary/aromatic N) is 3. The van der Waals surface area contributed by atoms with Crippen LogP contribution in [0.5, 0.6) is 11.5 Å². The van der Waals surface area contributed by atoms with Crippen molar-refractivity contribution in [3.8, 4) is 11.5 Å². The molecule has 8 heteroatoms. The van der Waals surface area contributed by atoms with Crippen LogP contribution in [0, 0.1) is 0 Å². The van der Waals surface area contributed by atoms with Gasteiger partial charge < -0.3 is 24.2 Å². The van der Waals surface area contributed by atoms with E-state index in [-0.39, 0.29) is 17.7 Å². The fourth-order valence-electron chi connectivity index (χ4n) is 4.52. The predicted octanol–water partition coefficient (Wildman–Crippen LogP) is 4.10. The normalized spacial score (nSPS) is 17.1. The van der Waals surface area contributed by atoms with Crippen molar-refractivity contribution in [3.63, 3.8) is 0 Å². The van der Waals surface area contributed by atoms with Gasteiger partial charge >= 0.3 is 0 Å². The first-order chi connectivity index (χ1) is 17.8. The molecular formula is C29H39N3O5. The summed E-state index contributed by atoms with van der Waals surface area (Å²) < 4.78 is 11.1. The molecule has 0 saturated heterocycles. The van der Waals surface area contributed by atoms with E-state index in [4.69, 9.17) is 9.47 Å². The van der Waals surface area contributed by atoms with Gasteiger partial charge in [0.1, 0.15) is 17.5 Å². The van der Waals surface area contributed by atoms with Crippen molar-refractivity contribution in [2.75, 3.05) is 47.9 Å². The number of hydrogen-bond donors (Lipinski definition) is 0. The minimum Gasteiger partial charge on any atom is -0.497 e. The second kappa shape index (κ2) is 13.7. The molecule has 2 aromatic carbocycles. The van der Waals surface area contributed by atoms with E-state index in [1.165, 1.54) is 0 Å². The van der Waals surface area contributed by atoms with Gasteiger partial charge in [-0.25, -0.2) is 0 Å². The Bertz CT molecular complexity index is 1070. The number of fused-ring (bicyclic) bond motifs is 1. The molecule has 200 valence electrons. The molecule has 0 fully saturated rings. The summed E-state index contributed by atoms with van der Waals surface area (Å²) in [5.41, 5.74) is 1.04. The SMILES string of the molecule is COc1cccc(C(=O)N(C)CCCC[C@H]2C(=O)N(C)CCCCCOc3ccccc3C(=O)N2C)c1. The maximum atomic E-state index is 13.5. The first-order valence-corrected chi connectivity index (χ1v) is 13.0. The van der Waals surface area contributed by atoms with E-state index in [0.29, 0.717) is 61.6 Å². The monoisotopic (exact) mass is 509 g/mol. The number of benzene rings is 2. The lowest BCUT2D eigenvalue weighted by Crippen LogP contribution is -2.48. The summed E-state index contributed by atoms with van der Waals surface area (Å²) in [6.45, 7) is 1.72. The summed E-state index contributed by atoms with van der Waals surface area (Å²) in [4.78, 5) is 44.6. The third-order valence-corrected chi connectivity index (χ3v) is 6.85. The second-order valence-electron chi connectivity index (χ2n) is 9.55. The molecule has 0 aromatic heterocycles. The molecule has 0 aliphatic carbocycles. The van der Waals surface area contributed by atoms with Crippen LogP contribution in [-0.2, 0) is 4.79 Å². The zero-order valence-electron chi connectivity index (χ0n) is 22.4. The zero-order chi connectivity index (χ0) is 26.8. The van der Waals surface area contributed by atoms with Crippen molar-refractivity contribution in [1.29, 1.82) is 0 Å². The van der Waals surface area contributed by atoms with Crippen molar-refractivity contribution >= 4 is 17.7 Å². The lowest BCUT2D eigenvalue weighted by atomic mass is 10.0. The second-order valence-corrected chi connectivity index (χ2v) is 9.55. The third-order valence-electron chi connectivity index (χ3n) is 6.85. The van der Waals surface area contributed by atoms with E-state index in [2.05, 4.69) is 0 Å². The Labute approximate surface area is 220 Å². The standard InChI is InChI=1S/C29H39N3O5/c1-30(27(33)22-13-12-14-23(21-22)36-4)19-10-8-16-25-29(35)31(2)18-9-5-11-20-37-26-17-7-6-15-24(26)28(34)32(25)3/h6-7,12-15,17,21,25H,5,8-11,16,18-20H2,1-4H3/t25-/m0/s1. The van der Waals surface area contributed by atoms with Gasteiger partial charge in [0.2, 0.25) is 5.91 Å². The van der Waals surface area contributed by atoms with Gasteiger partial charge in [-0.15, -0.1) is 0 Å². The molecule has 2 aromatic rings. The third kappa shape index (κ3) is 7.47. The summed E-state index contributed by atoms with van der Waals surface area (Å²) in [6.07, 6.45) is 4.61. The lowest BCUT2D eigenvalue weighted by molar-refractivity contribution is -0.134. The molecule has 0 radical (unpaired) electrons. The van der Waals surface area contributed by atoms with E-state index < -0.39 is 6.04 Å². The van der Waals surface area contributed by atoms with Crippen LogP contribution < -0.4 is 9.47 Å². The van der Waals surface area contributed by atoms with Crippen molar-refractivity contribution in [2.24, 2.45) is 0 Å². The van der Waals surface area contributed by atoms with E-state index in [0.717, 1.165) is 19.3 Å². The van der Waals surface area contributed by atoms with Crippen LogP contribution in [0.2, 0.25) is 0 Å². The maximum absolute atomic E-state index is 13.5. The Morgan fingerprint density at radius 2 is 1.84 bits per heavy atom. The Morgan fingerprint density at radius 3 is 2.62 bits per heavy atom. The smallest absolute Gasteiger partial charge is 0.258 e. The molecule has 1 aliphatic rings. The highest BCUT2D eigenvalue weighted by Crippen LogP contribution is 2.23. The van der Waals surface area contributed by atoms with Gasteiger partial charge in [0.25, 0.3) is 11.8 Å². The van der Waals surface area contributed by atoms with E-state index in [9.17, 15) is 14.4 Å². The number of rotatable bonds is 7. The number of methoxy groups -OCH3 is 1. The summed E-state index contributed by atoms with van der Waals surface area (Å²) in [6, 6.07) is 13.7. The molecule has 0 spiro atoms. The van der Waals surface area contributed by atoms with Crippen LogP contribution in [0.4, 0.5) is 0 Å². The average molecular weight is 510 g/mol. The average Bonchev–Trinajstić information content (AvgIpc) is 2.93. The lowest BCUT2D eigenvalue weighted by Gasteiger charge is -2.31. The fraction of sp³-hybridized carbons (Fsp3) is 0.483. The minimum atomic E-state index is -0.592. The van der Waals surface area contributed by atoms with Gasteiger partial charge in [0.05, 0.1) is 19.3 Å². The molecule has 0 bridgehead atoms. The number of unbranched alkanes of at least 4 members (excludes halogenated alkanes) is 1. The van der Waals surface area contributed by atoms with Gasteiger partial charge in [-0.3, -0.25) is 14.4 Å². The molecule has 1 atom stereocenters. The van der Waals surface area contributed by atoms with E-state index >= 15 is 0 Å². The fourth-order valence-corrected chi connectivity index (χ4v) is 4.52. The van der Waals surface area contributed by atoms with E-state index in [1.807, 2.05) is 12.1 Å². The predicted molar refractivity (Wildman–Crippen MR) is 143 cm³/mol. The number of carbonyl (C=O) groups excluding carboxylic acids is 3. The van der Waals surface area contributed by atoms with Crippen LogP contribution >= 0.6 is 0 Å². The van der Waals surface area contributed by atoms with Crippen molar-refractivity contribution in [3.05, 3.63) is 59.7 Å². The Hall–Kier alpha value is -3.55. The van der Waals surface area contributed by atoms with Gasteiger partial charge in [-0.1, -0.05) is 18.2 Å². The van der Waals surface area contributed by atoms with Crippen molar-refractivity contribution in [1.82, 2.24) is 14.7 Å². The summed E-state index contributed by atoms with van der Waals surface area (Å²) in [5.74, 6) is 0.817. The molecule has 3 rings (SSSR count). The van der Waals surface area contributed by atoms with Crippen molar-refractivity contribution in [2.45, 2.75) is 44.6 Å². The van der Waals surface area contributed by atoms with Crippen LogP contribution in [-0.4, -0.2) is 86.4 Å². The molecule has 0 saturated carbocycles. The number of ether oxygens (including phenoxy) is 2. The Morgan fingerprint density at radius 1 is 1.05 bits per heavy atom. The van der Waals surface area contributed by atoms with Gasteiger partial charge in [0, 0.05) is 39.8 Å². The van der Waals surface area contributed by atoms with Crippen LogP contribution in [0.1, 0.15) is 59.2 Å². The van der Waals surface area contributed by atoms with Crippen LogP contribution in [0.25, 0.3) is 0 Å². The summed E-state index contributed by atoms with van der Waals surface area (Å²) in [5, 5.41) is 0. The molecule has 37 heavy (non-hydrogen) atoms. The molecule has 1 aliphatic heterocycles. The van der Waals surface area contributed by atoms with E-state index in [1.54, 1.807) is 79.4 Å². The van der Waals surface area contributed by atoms with Gasteiger partial charge in [-0.05, 0) is 68.9 Å². The highest BCUT2D eigenvalue weighted by Gasteiger charge is 2.31. The number of amides is 3. The largest absolute Gasteiger partial charge is 0.497 e. The quantitative estimate of drug-likeness (QED) is 0.525. The topological polar surface area (TPSA) is 79.4 Å². The van der Waals surface area contributed by atoms with Crippen LogP contribution in [0.15, 0.2) is 48.5 Å². The first-order valence-electron chi connectivity index (χ1n) is 13.0. The molecule has 8 nitrogen and oxygen atoms in total. The number of para-hydroxylation sites is 1. The number of carbonyl (C=O) groups is 3. The molecule has 0 unspecified atom stereocenters. The molecule has 3 amide bonds. The molecule has 0 N–H and O–H groups in total. The van der Waals surface area contributed by atoms with Gasteiger partial charge in [0.15, 0.2) is 0 Å². The van der Waals surface area contributed by atoms with Crippen molar-refractivity contribution < 1.29 is 23.9 Å². The highest BCUT2D eigenvalue weighted by atomic mass is 16.5. The van der Waals surface area contributed by atoms with Crippen LogP contribution in [0.3, 0.4) is 0 Å². The highest BCUT2D eigenvalue weighted by molar-refractivity contribution is 5.99. The number of hydrogen-bond acceptors (Lipinski definition) is 5. The Balaban J connectivity index is 1.67. The minimum absolute atomic E-state index is 0.0608. The summed E-state index contributed by atoms with van der Waals surface area (Å²) in [7, 11) is 6.83. The molecule has 1 heterocycles. The molecular weight excluding hydrogens is 470 g/mol. The maximum Gasteiger partial charge on any atom is 0.258 e. The Kier molecular flexibility index (Phi) is 10.4. The zero-order valence-corrected chi connectivity index (χ0v) is 22.4. The first kappa shape index (κ1) is 28.0.